The second-order valence-electron chi connectivity index (χ2n) is 4.32. The molecule has 0 amide bonds. The van der Waals surface area contributed by atoms with Gasteiger partial charge in [0.1, 0.15) is 5.75 Å². The highest BCUT2D eigenvalue weighted by Crippen LogP contribution is 2.49. The van der Waals surface area contributed by atoms with Gasteiger partial charge in [-0.3, -0.25) is 4.79 Å². The Morgan fingerprint density at radius 3 is 2.81 bits per heavy atom. The van der Waals surface area contributed by atoms with Crippen molar-refractivity contribution in [1.29, 1.82) is 0 Å². The highest BCUT2D eigenvalue weighted by Gasteiger charge is 2.45. The summed E-state index contributed by atoms with van der Waals surface area (Å²) in [5.41, 5.74) is -0.117. The van der Waals surface area contributed by atoms with Gasteiger partial charge in [-0.2, -0.15) is 0 Å². The van der Waals surface area contributed by atoms with E-state index in [1.807, 2.05) is 24.3 Å². The summed E-state index contributed by atoms with van der Waals surface area (Å²) in [7, 11) is 0. The summed E-state index contributed by atoms with van der Waals surface area (Å²) in [4.78, 5) is 10.7. The fourth-order valence-corrected chi connectivity index (χ4v) is 2.04. The molecule has 3 nitrogen and oxygen atoms in total. The van der Waals surface area contributed by atoms with Gasteiger partial charge in [-0.1, -0.05) is 22.0 Å². The normalized spacial score (nSPS) is 16.8. The molecule has 0 spiro atoms. The van der Waals surface area contributed by atoms with Crippen LogP contribution in [0.5, 0.6) is 5.75 Å². The number of carboxylic acid groups (broad SMARTS) is 1. The lowest BCUT2D eigenvalue weighted by atomic mass is 10.0. The average molecular weight is 285 g/mol. The van der Waals surface area contributed by atoms with E-state index in [2.05, 4.69) is 15.9 Å². The first-order valence-corrected chi connectivity index (χ1v) is 5.99. The largest absolute Gasteiger partial charge is 0.493 e. The molecule has 0 saturated heterocycles. The Labute approximate surface area is 103 Å². The SMILES string of the molecule is O=C(O)CC1(COc2cccc(Br)c2)CC1. The van der Waals surface area contributed by atoms with Gasteiger partial charge in [0.25, 0.3) is 0 Å². The predicted molar refractivity (Wildman–Crippen MR) is 63.6 cm³/mol. The van der Waals surface area contributed by atoms with E-state index in [1.165, 1.54) is 0 Å². The molecule has 0 atom stereocenters. The summed E-state index contributed by atoms with van der Waals surface area (Å²) in [5, 5.41) is 8.77. The number of halogens is 1. The van der Waals surface area contributed by atoms with Gasteiger partial charge < -0.3 is 9.84 Å². The molecule has 2 rings (SSSR count). The van der Waals surface area contributed by atoms with Crippen LogP contribution in [0.25, 0.3) is 0 Å². The predicted octanol–water partition coefficient (Wildman–Crippen LogP) is 3.08. The van der Waals surface area contributed by atoms with Gasteiger partial charge in [0.05, 0.1) is 13.0 Å². The van der Waals surface area contributed by atoms with Gasteiger partial charge in [-0.05, 0) is 31.0 Å². The first kappa shape index (κ1) is 11.5. The van der Waals surface area contributed by atoms with E-state index < -0.39 is 5.97 Å². The van der Waals surface area contributed by atoms with E-state index in [1.54, 1.807) is 0 Å². The standard InChI is InChI=1S/C12H13BrO3/c13-9-2-1-3-10(6-9)16-8-12(4-5-12)7-11(14)15/h1-3,6H,4-5,7-8H2,(H,14,15). The Morgan fingerprint density at radius 2 is 2.25 bits per heavy atom. The molecule has 0 unspecified atom stereocenters. The molecule has 0 aliphatic heterocycles. The molecule has 1 aliphatic rings. The van der Waals surface area contributed by atoms with E-state index in [-0.39, 0.29) is 11.8 Å². The molecular weight excluding hydrogens is 272 g/mol. The number of carboxylic acids is 1. The second kappa shape index (κ2) is 4.45. The number of hydrogen-bond acceptors (Lipinski definition) is 2. The van der Waals surface area contributed by atoms with Gasteiger partial charge in [0.15, 0.2) is 0 Å². The molecule has 1 aromatic carbocycles. The minimum absolute atomic E-state index is 0.117. The Kier molecular flexibility index (Phi) is 3.19. The van der Waals surface area contributed by atoms with Crippen LogP contribution in [0.3, 0.4) is 0 Å². The summed E-state index contributed by atoms with van der Waals surface area (Å²) in [5.74, 6) is 0.0429. The molecule has 0 bridgehead atoms. The van der Waals surface area contributed by atoms with Crippen molar-refractivity contribution in [3.63, 3.8) is 0 Å². The van der Waals surface area contributed by atoms with Gasteiger partial charge in [-0.25, -0.2) is 0 Å². The van der Waals surface area contributed by atoms with Crippen LogP contribution in [0.2, 0.25) is 0 Å². The molecule has 0 aromatic heterocycles. The first-order chi connectivity index (χ1) is 7.60. The summed E-state index contributed by atoms with van der Waals surface area (Å²) >= 11 is 3.36. The van der Waals surface area contributed by atoms with Crippen LogP contribution in [-0.4, -0.2) is 17.7 Å². The quantitative estimate of drug-likeness (QED) is 0.904. The molecule has 1 saturated carbocycles. The van der Waals surface area contributed by atoms with Crippen LogP contribution in [0.4, 0.5) is 0 Å². The summed E-state index contributed by atoms with van der Waals surface area (Å²) in [6, 6.07) is 7.59. The van der Waals surface area contributed by atoms with Crippen molar-refractivity contribution >= 4 is 21.9 Å². The maximum Gasteiger partial charge on any atom is 0.304 e. The van der Waals surface area contributed by atoms with E-state index in [9.17, 15) is 4.79 Å². The number of hydrogen-bond donors (Lipinski definition) is 1. The molecule has 1 aromatic rings. The number of aliphatic carboxylic acids is 1. The zero-order valence-corrected chi connectivity index (χ0v) is 10.4. The third kappa shape index (κ3) is 2.98. The van der Waals surface area contributed by atoms with Crippen molar-refractivity contribution in [2.45, 2.75) is 19.3 Å². The molecule has 16 heavy (non-hydrogen) atoms. The molecule has 86 valence electrons. The van der Waals surface area contributed by atoms with E-state index in [4.69, 9.17) is 9.84 Å². The molecular formula is C12H13BrO3. The Hall–Kier alpha value is -1.03. The Bertz CT molecular complexity index is 399. The highest BCUT2D eigenvalue weighted by molar-refractivity contribution is 9.10. The van der Waals surface area contributed by atoms with Crippen molar-refractivity contribution in [3.8, 4) is 5.75 Å². The molecule has 0 radical (unpaired) electrons. The van der Waals surface area contributed by atoms with Crippen LogP contribution in [0.15, 0.2) is 28.7 Å². The van der Waals surface area contributed by atoms with Gasteiger partial charge >= 0.3 is 5.97 Å². The third-order valence-corrected chi connectivity index (χ3v) is 3.32. The van der Waals surface area contributed by atoms with Crippen LogP contribution >= 0.6 is 15.9 Å². The zero-order valence-electron chi connectivity index (χ0n) is 8.78. The van der Waals surface area contributed by atoms with Crippen molar-refractivity contribution in [3.05, 3.63) is 28.7 Å². The number of benzene rings is 1. The van der Waals surface area contributed by atoms with E-state index >= 15 is 0 Å². The number of ether oxygens (including phenoxy) is 1. The summed E-state index contributed by atoms with van der Waals surface area (Å²) < 4.78 is 6.59. The molecule has 0 heterocycles. The van der Waals surface area contributed by atoms with Crippen molar-refractivity contribution in [2.24, 2.45) is 5.41 Å². The first-order valence-electron chi connectivity index (χ1n) is 5.20. The van der Waals surface area contributed by atoms with Crippen LogP contribution < -0.4 is 4.74 Å². The van der Waals surface area contributed by atoms with Gasteiger partial charge in [-0.15, -0.1) is 0 Å². The minimum Gasteiger partial charge on any atom is -0.493 e. The highest BCUT2D eigenvalue weighted by atomic mass is 79.9. The molecule has 1 aliphatic carbocycles. The summed E-state index contributed by atoms with van der Waals surface area (Å²) in [6.45, 7) is 0.496. The van der Waals surface area contributed by atoms with Gasteiger partial charge in [0.2, 0.25) is 0 Å². The van der Waals surface area contributed by atoms with E-state index in [0.29, 0.717) is 6.61 Å². The fraction of sp³-hybridized carbons (Fsp3) is 0.417. The average Bonchev–Trinajstić information content (AvgIpc) is 2.95. The van der Waals surface area contributed by atoms with E-state index in [0.717, 1.165) is 23.1 Å². The molecule has 1 fully saturated rings. The lowest BCUT2D eigenvalue weighted by molar-refractivity contribution is -0.138. The Morgan fingerprint density at radius 1 is 1.50 bits per heavy atom. The number of carbonyl (C=O) groups is 1. The topological polar surface area (TPSA) is 46.5 Å². The zero-order chi connectivity index (χ0) is 11.6. The third-order valence-electron chi connectivity index (χ3n) is 2.82. The van der Waals surface area contributed by atoms with Crippen molar-refractivity contribution < 1.29 is 14.6 Å². The maximum atomic E-state index is 10.7. The lowest BCUT2D eigenvalue weighted by Gasteiger charge is -2.14. The molecule has 1 N–H and O–H groups in total. The smallest absolute Gasteiger partial charge is 0.304 e. The maximum absolute atomic E-state index is 10.7. The van der Waals surface area contributed by atoms with Crippen LogP contribution in [0, 0.1) is 5.41 Å². The second-order valence-corrected chi connectivity index (χ2v) is 5.23. The van der Waals surface area contributed by atoms with Crippen molar-refractivity contribution in [1.82, 2.24) is 0 Å². The van der Waals surface area contributed by atoms with Crippen LogP contribution in [0.1, 0.15) is 19.3 Å². The number of rotatable bonds is 5. The monoisotopic (exact) mass is 284 g/mol. The van der Waals surface area contributed by atoms with Crippen LogP contribution in [-0.2, 0) is 4.79 Å². The Balaban J connectivity index is 1.90. The lowest BCUT2D eigenvalue weighted by Crippen LogP contribution is -2.17. The summed E-state index contributed by atoms with van der Waals surface area (Å²) in [6.07, 6.45) is 2.11. The fourth-order valence-electron chi connectivity index (χ4n) is 1.66. The van der Waals surface area contributed by atoms with Gasteiger partial charge in [0, 0.05) is 9.89 Å². The molecule has 4 heteroatoms. The minimum atomic E-state index is -0.740. The van der Waals surface area contributed by atoms with Crippen molar-refractivity contribution in [2.75, 3.05) is 6.61 Å².